The Morgan fingerprint density at radius 1 is 1.29 bits per heavy atom. The summed E-state index contributed by atoms with van der Waals surface area (Å²) in [6.07, 6.45) is 0. The summed E-state index contributed by atoms with van der Waals surface area (Å²) in [5.74, 6) is 0.699. The van der Waals surface area contributed by atoms with E-state index in [4.69, 9.17) is 14.3 Å². The Bertz CT molecular complexity index is 653. The van der Waals surface area contributed by atoms with Crippen LogP contribution in [0, 0.1) is 13.8 Å². The molecule has 0 atom stereocenters. The first-order valence-corrected chi connectivity index (χ1v) is 6.94. The molecule has 112 valence electrons. The maximum absolute atomic E-state index is 10.9. The van der Waals surface area contributed by atoms with Crippen LogP contribution in [0.3, 0.4) is 0 Å². The van der Waals surface area contributed by atoms with Gasteiger partial charge in [-0.05, 0) is 49.1 Å². The Hall–Kier alpha value is -2.23. The number of carboxylic acid groups (broad SMARTS) is 1. The highest BCUT2D eigenvalue weighted by Crippen LogP contribution is 2.24. The molecule has 4 nitrogen and oxygen atoms in total. The second-order valence-electron chi connectivity index (χ2n) is 5.46. The molecule has 0 radical (unpaired) electrons. The summed E-state index contributed by atoms with van der Waals surface area (Å²) in [7, 11) is 0. The van der Waals surface area contributed by atoms with Gasteiger partial charge in [0, 0.05) is 5.56 Å². The van der Waals surface area contributed by atoms with E-state index in [1.807, 2.05) is 12.1 Å². The molecule has 0 unspecified atom stereocenters. The molecular weight excluding hydrogens is 268 g/mol. The lowest BCUT2D eigenvalue weighted by atomic mass is 9.98. The quantitative estimate of drug-likeness (QED) is 0.891. The molecule has 21 heavy (non-hydrogen) atoms. The molecule has 0 aliphatic heterocycles. The van der Waals surface area contributed by atoms with Gasteiger partial charge in [0.25, 0.3) is 0 Å². The van der Waals surface area contributed by atoms with E-state index in [-0.39, 0.29) is 5.76 Å². The fourth-order valence-electron chi connectivity index (χ4n) is 2.32. The summed E-state index contributed by atoms with van der Waals surface area (Å²) in [6, 6.07) is 7.52. The number of ether oxygens (including phenoxy) is 1. The van der Waals surface area contributed by atoms with Crippen LogP contribution in [0.5, 0.6) is 5.75 Å². The molecule has 1 heterocycles. The molecule has 1 aromatic heterocycles. The van der Waals surface area contributed by atoms with Crippen LogP contribution in [0.1, 0.15) is 52.8 Å². The maximum atomic E-state index is 10.9. The highest BCUT2D eigenvalue weighted by atomic mass is 16.5. The topological polar surface area (TPSA) is 59.7 Å². The summed E-state index contributed by atoms with van der Waals surface area (Å²) in [6.45, 7) is 8.41. The van der Waals surface area contributed by atoms with Crippen molar-refractivity contribution in [3.8, 4) is 5.75 Å². The third-order valence-corrected chi connectivity index (χ3v) is 3.49. The molecule has 0 amide bonds. The molecule has 2 rings (SSSR count). The summed E-state index contributed by atoms with van der Waals surface area (Å²) < 4.78 is 10.9. The lowest BCUT2D eigenvalue weighted by Crippen LogP contribution is -1.98. The molecule has 1 N–H and O–H groups in total. The van der Waals surface area contributed by atoms with E-state index in [1.54, 1.807) is 6.92 Å². The van der Waals surface area contributed by atoms with Crippen molar-refractivity contribution in [3.05, 3.63) is 52.5 Å². The van der Waals surface area contributed by atoms with E-state index in [1.165, 1.54) is 17.2 Å². The van der Waals surface area contributed by atoms with Gasteiger partial charge in [0.2, 0.25) is 5.76 Å². The number of aryl methyl sites for hydroxylation is 2. The maximum Gasteiger partial charge on any atom is 0.371 e. The smallest absolute Gasteiger partial charge is 0.371 e. The highest BCUT2D eigenvalue weighted by Gasteiger charge is 2.13. The number of furan rings is 1. The minimum atomic E-state index is -1.07. The first-order valence-electron chi connectivity index (χ1n) is 6.94. The number of carbonyl (C=O) groups is 1. The Labute approximate surface area is 124 Å². The second kappa shape index (κ2) is 6.04. The third kappa shape index (κ3) is 3.45. The first kappa shape index (κ1) is 15.2. The standard InChI is InChI=1S/C17H20O4/c1-10(2)15-6-5-14(7-11(15)3)20-9-13-8-16(17(18)19)21-12(13)4/h5-8,10H,9H2,1-4H3,(H,18,19). The SMILES string of the molecule is Cc1cc(OCc2cc(C(=O)O)oc2C)ccc1C(C)C. The van der Waals surface area contributed by atoms with Crippen molar-refractivity contribution < 1.29 is 19.1 Å². The van der Waals surface area contributed by atoms with Crippen LogP contribution in [0.4, 0.5) is 0 Å². The molecule has 0 fully saturated rings. The van der Waals surface area contributed by atoms with E-state index in [0.29, 0.717) is 18.3 Å². The fraction of sp³-hybridized carbons (Fsp3) is 0.353. The van der Waals surface area contributed by atoms with Crippen molar-refractivity contribution in [3.63, 3.8) is 0 Å². The number of aromatic carboxylic acids is 1. The monoisotopic (exact) mass is 288 g/mol. The number of rotatable bonds is 5. The van der Waals surface area contributed by atoms with Gasteiger partial charge in [0.1, 0.15) is 18.1 Å². The first-order chi connectivity index (χ1) is 9.88. The number of carboxylic acids is 1. The van der Waals surface area contributed by atoms with Crippen molar-refractivity contribution in [2.45, 2.75) is 40.2 Å². The zero-order chi connectivity index (χ0) is 15.6. The van der Waals surface area contributed by atoms with Gasteiger partial charge in [-0.25, -0.2) is 4.79 Å². The number of hydrogen-bond donors (Lipinski definition) is 1. The van der Waals surface area contributed by atoms with Crippen molar-refractivity contribution in [1.82, 2.24) is 0 Å². The van der Waals surface area contributed by atoms with Crippen molar-refractivity contribution in [1.29, 1.82) is 0 Å². The van der Waals surface area contributed by atoms with Crippen LogP contribution < -0.4 is 4.74 Å². The zero-order valence-electron chi connectivity index (χ0n) is 12.8. The van der Waals surface area contributed by atoms with Gasteiger partial charge in [0.15, 0.2) is 0 Å². The van der Waals surface area contributed by atoms with Crippen molar-refractivity contribution in [2.75, 3.05) is 0 Å². The second-order valence-corrected chi connectivity index (χ2v) is 5.46. The summed E-state index contributed by atoms with van der Waals surface area (Å²) in [5.41, 5.74) is 3.24. The summed E-state index contributed by atoms with van der Waals surface area (Å²) in [5, 5.41) is 8.89. The summed E-state index contributed by atoms with van der Waals surface area (Å²) in [4.78, 5) is 10.9. The Morgan fingerprint density at radius 3 is 2.52 bits per heavy atom. The molecule has 0 aliphatic carbocycles. The van der Waals surface area contributed by atoms with E-state index >= 15 is 0 Å². The minimum absolute atomic E-state index is 0.0579. The number of benzene rings is 1. The lowest BCUT2D eigenvalue weighted by molar-refractivity contribution is 0.0661. The van der Waals surface area contributed by atoms with Gasteiger partial charge in [0.05, 0.1) is 0 Å². The van der Waals surface area contributed by atoms with Crippen LogP contribution in [0.2, 0.25) is 0 Å². The van der Waals surface area contributed by atoms with Crippen molar-refractivity contribution >= 4 is 5.97 Å². The molecule has 2 aromatic rings. The van der Waals surface area contributed by atoms with Crippen LogP contribution >= 0.6 is 0 Å². The molecule has 0 aliphatic rings. The Balaban J connectivity index is 2.10. The van der Waals surface area contributed by atoms with E-state index in [0.717, 1.165) is 11.3 Å². The van der Waals surface area contributed by atoms with Crippen LogP contribution in [-0.2, 0) is 6.61 Å². The van der Waals surface area contributed by atoms with Gasteiger partial charge in [-0.3, -0.25) is 0 Å². The minimum Gasteiger partial charge on any atom is -0.489 e. The van der Waals surface area contributed by atoms with Gasteiger partial charge in [-0.15, -0.1) is 0 Å². The average Bonchev–Trinajstić information content (AvgIpc) is 2.77. The fourth-order valence-corrected chi connectivity index (χ4v) is 2.32. The molecule has 4 heteroatoms. The van der Waals surface area contributed by atoms with Gasteiger partial charge in [-0.2, -0.15) is 0 Å². The van der Waals surface area contributed by atoms with Crippen LogP contribution in [-0.4, -0.2) is 11.1 Å². The predicted molar refractivity (Wildman–Crippen MR) is 80.0 cm³/mol. The molecule has 0 bridgehead atoms. The van der Waals surface area contributed by atoms with Crippen LogP contribution in [0.15, 0.2) is 28.7 Å². The third-order valence-electron chi connectivity index (χ3n) is 3.49. The molecule has 0 spiro atoms. The van der Waals surface area contributed by atoms with Gasteiger partial charge in [-0.1, -0.05) is 19.9 Å². The molecule has 0 saturated heterocycles. The lowest BCUT2D eigenvalue weighted by Gasteiger charge is -2.12. The Morgan fingerprint density at radius 2 is 2.00 bits per heavy atom. The zero-order valence-corrected chi connectivity index (χ0v) is 12.8. The predicted octanol–water partition coefficient (Wildman–Crippen LogP) is 4.30. The normalized spacial score (nSPS) is 10.9. The van der Waals surface area contributed by atoms with Gasteiger partial charge < -0.3 is 14.3 Å². The van der Waals surface area contributed by atoms with E-state index in [9.17, 15) is 4.79 Å². The van der Waals surface area contributed by atoms with Gasteiger partial charge >= 0.3 is 5.97 Å². The van der Waals surface area contributed by atoms with E-state index in [2.05, 4.69) is 26.8 Å². The largest absolute Gasteiger partial charge is 0.489 e. The van der Waals surface area contributed by atoms with E-state index < -0.39 is 5.97 Å². The molecule has 0 saturated carbocycles. The van der Waals surface area contributed by atoms with Crippen LogP contribution in [0.25, 0.3) is 0 Å². The highest BCUT2D eigenvalue weighted by molar-refractivity contribution is 5.84. The van der Waals surface area contributed by atoms with Crippen molar-refractivity contribution in [2.24, 2.45) is 0 Å². The number of hydrogen-bond acceptors (Lipinski definition) is 3. The summed E-state index contributed by atoms with van der Waals surface area (Å²) >= 11 is 0. The molecule has 1 aromatic carbocycles. The Kier molecular flexibility index (Phi) is 4.36. The molecular formula is C17H20O4. The average molecular weight is 288 g/mol.